The molecular weight excluding hydrogens is 236 g/mol. The van der Waals surface area contributed by atoms with Gasteiger partial charge in [0.2, 0.25) is 0 Å². The van der Waals surface area contributed by atoms with E-state index >= 15 is 0 Å². The summed E-state index contributed by atoms with van der Waals surface area (Å²) in [4.78, 5) is 4.41. The van der Waals surface area contributed by atoms with Gasteiger partial charge in [0.05, 0.1) is 6.20 Å². The SMILES string of the molecule is Clc1cccc(Nc2ccn3nccc3n2)c1. The number of nitrogens with one attached hydrogen (secondary N) is 1. The van der Waals surface area contributed by atoms with Crippen LogP contribution in [0.1, 0.15) is 0 Å². The normalized spacial score (nSPS) is 10.6. The first-order valence-electron chi connectivity index (χ1n) is 5.14. The quantitative estimate of drug-likeness (QED) is 0.753. The van der Waals surface area contributed by atoms with Gasteiger partial charge in [0, 0.05) is 23.0 Å². The Kier molecular flexibility index (Phi) is 2.42. The summed E-state index contributed by atoms with van der Waals surface area (Å²) in [6.07, 6.45) is 3.57. The van der Waals surface area contributed by atoms with Crippen LogP contribution in [0.5, 0.6) is 0 Å². The van der Waals surface area contributed by atoms with Crippen molar-refractivity contribution < 1.29 is 0 Å². The Hall–Kier alpha value is -2.07. The van der Waals surface area contributed by atoms with Crippen molar-refractivity contribution in [3.8, 4) is 0 Å². The molecule has 1 N–H and O–H groups in total. The van der Waals surface area contributed by atoms with Gasteiger partial charge >= 0.3 is 0 Å². The molecule has 84 valence electrons. The third-order valence-electron chi connectivity index (χ3n) is 2.36. The molecule has 1 aromatic carbocycles. The molecule has 0 aliphatic heterocycles. The van der Waals surface area contributed by atoms with E-state index in [1.54, 1.807) is 10.7 Å². The van der Waals surface area contributed by atoms with Gasteiger partial charge in [-0.05, 0) is 24.3 Å². The molecule has 4 nitrogen and oxygen atoms in total. The second-order valence-electron chi connectivity index (χ2n) is 3.58. The van der Waals surface area contributed by atoms with E-state index in [1.807, 2.05) is 42.6 Å². The topological polar surface area (TPSA) is 42.2 Å². The minimum Gasteiger partial charge on any atom is -0.340 e. The number of hydrogen-bond acceptors (Lipinski definition) is 3. The highest BCUT2D eigenvalue weighted by Gasteiger charge is 1.99. The minimum atomic E-state index is 0.695. The van der Waals surface area contributed by atoms with Gasteiger partial charge in [0.1, 0.15) is 5.82 Å². The number of aromatic nitrogens is 3. The molecule has 2 heterocycles. The molecule has 0 radical (unpaired) electrons. The van der Waals surface area contributed by atoms with Gasteiger partial charge in [0.15, 0.2) is 5.65 Å². The first-order chi connectivity index (χ1) is 8.31. The standard InChI is InChI=1S/C12H9ClN4/c13-9-2-1-3-10(8-9)15-11-5-7-17-12(16-11)4-6-14-17/h1-8H,(H,15,16). The molecule has 0 unspecified atom stereocenters. The summed E-state index contributed by atoms with van der Waals surface area (Å²) >= 11 is 5.91. The van der Waals surface area contributed by atoms with Gasteiger partial charge in [-0.1, -0.05) is 17.7 Å². The summed E-state index contributed by atoms with van der Waals surface area (Å²) in [7, 11) is 0. The van der Waals surface area contributed by atoms with Crippen molar-refractivity contribution in [2.75, 3.05) is 5.32 Å². The number of halogens is 1. The fourth-order valence-electron chi connectivity index (χ4n) is 1.60. The fourth-order valence-corrected chi connectivity index (χ4v) is 1.79. The maximum atomic E-state index is 5.91. The summed E-state index contributed by atoms with van der Waals surface area (Å²) in [6.45, 7) is 0. The molecule has 0 fully saturated rings. The largest absolute Gasteiger partial charge is 0.340 e. The van der Waals surface area contributed by atoms with E-state index in [0.29, 0.717) is 5.02 Å². The zero-order valence-electron chi connectivity index (χ0n) is 8.84. The molecule has 0 amide bonds. The Bertz CT molecular complexity index is 662. The smallest absolute Gasteiger partial charge is 0.157 e. The van der Waals surface area contributed by atoms with Crippen LogP contribution in [0.4, 0.5) is 11.5 Å². The number of anilines is 2. The van der Waals surface area contributed by atoms with Gasteiger partial charge < -0.3 is 5.32 Å². The number of nitrogens with zero attached hydrogens (tertiary/aromatic N) is 3. The molecular formula is C12H9ClN4. The number of rotatable bonds is 2. The Morgan fingerprint density at radius 1 is 1.18 bits per heavy atom. The lowest BCUT2D eigenvalue weighted by molar-refractivity contribution is 0.941. The molecule has 3 rings (SSSR count). The first kappa shape index (κ1) is 10.1. The predicted octanol–water partition coefficient (Wildman–Crippen LogP) is 3.13. The van der Waals surface area contributed by atoms with E-state index in [2.05, 4.69) is 15.4 Å². The minimum absolute atomic E-state index is 0.695. The van der Waals surface area contributed by atoms with Gasteiger partial charge in [-0.3, -0.25) is 0 Å². The van der Waals surface area contributed by atoms with E-state index < -0.39 is 0 Å². The maximum Gasteiger partial charge on any atom is 0.157 e. The average Bonchev–Trinajstić information content (AvgIpc) is 2.76. The highest BCUT2D eigenvalue weighted by molar-refractivity contribution is 6.30. The summed E-state index contributed by atoms with van der Waals surface area (Å²) in [5.74, 6) is 0.764. The van der Waals surface area contributed by atoms with Crippen molar-refractivity contribution in [2.45, 2.75) is 0 Å². The highest BCUT2D eigenvalue weighted by atomic mass is 35.5. The number of hydrogen-bond donors (Lipinski definition) is 1. The van der Waals surface area contributed by atoms with Crippen LogP contribution in [0, 0.1) is 0 Å². The zero-order valence-corrected chi connectivity index (χ0v) is 9.59. The lowest BCUT2D eigenvalue weighted by Gasteiger charge is -2.05. The molecule has 0 aliphatic rings. The third kappa shape index (κ3) is 2.07. The van der Waals surface area contributed by atoms with E-state index in [1.165, 1.54) is 0 Å². The third-order valence-corrected chi connectivity index (χ3v) is 2.59. The lowest BCUT2D eigenvalue weighted by Crippen LogP contribution is -1.96. The molecule has 0 saturated heterocycles. The molecule has 5 heteroatoms. The van der Waals surface area contributed by atoms with E-state index in [4.69, 9.17) is 11.6 Å². The van der Waals surface area contributed by atoms with Crippen LogP contribution in [0.25, 0.3) is 5.65 Å². The average molecular weight is 245 g/mol. The molecule has 0 bridgehead atoms. The predicted molar refractivity (Wildman–Crippen MR) is 67.7 cm³/mol. The maximum absolute atomic E-state index is 5.91. The van der Waals surface area contributed by atoms with Crippen molar-refractivity contribution in [3.63, 3.8) is 0 Å². The Morgan fingerprint density at radius 3 is 3.00 bits per heavy atom. The zero-order chi connectivity index (χ0) is 11.7. The second kappa shape index (κ2) is 4.07. The van der Waals surface area contributed by atoms with Crippen molar-refractivity contribution in [1.82, 2.24) is 14.6 Å². The summed E-state index contributed by atoms with van der Waals surface area (Å²) in [5, 5.41) is 7.97. The van der Waals surface area contributed by atoms with Crippen LogP contribution in [0.2, 0.25) is 5.02 Å². The molecule has 3 aromatic rings. The van der Waals surface area contributed by atoms with Crippen LogP contribution in [0.3, 0.4) is 0 Å². The van der Waals surface area contributed by atoms with Crippen LogP contribution in [-0.4, -0.2) is 14.6 Å². The second-order valence-corrected chi connectivity index (χ2v) is 4.02. The van der Waals surface area contributed by atoms with E-state index in [0.717, 1.165) is 17.2 Å². The Morgan fingerprint density at radius 2 is 2.12 bits per heavy atom. The molecule has 0 spiro atoms. The van der Waals surface area contributed by atoms with Crippen molar-refractivity contribution in [3.05, 3.63) is 53.8 Å². The van der Waals surface area contributed by atoms with Gasteiger partial charge in [0.25, 0.3) is 0 Å². The monoisotopic (exact) mass is 244 g/mol. The van der Waals surface area contributed by atoms with E-state index in [9.17, 15) is 0 Å². The van der Waals surface area contributed by atoms with Crippen molar-refractivity contribution in [1.29, 1.82) is 0 Å². The fraction of sp³-hybridized carbons (Fsp3) is 0. The first-order valence-corrected chi connectivity index (χ1v) is 5.52. The van der Waals surface area contributed by atoms with Gasteiger partial charge in [-0.2, -0.15) is 5.10 Å². The molecule has 0 saturated carbocycles. The summed E-state index contributed by atoms with van der Waals surface area (Å²) < 4.78 is 1.71. The summed E-state index contributed by atoms with van der Waals surface area (Å²) in [5.41, 5.74) is 1.71. The van der Waals surface area contributed by atoms with Crippen molar-refractivity contribution >= 4 is 28.8 Å². The Balaban J connectivity index is 1.94. The number of fused-ring (bicyclic) bond motifs is 1. The summed E-state index contributed by atoms with van der Waals surface area (Å²) in [6, 6.07) is 11.2. The van der Waals surface area contributed by atoms with Crippen LogP contribution >= 0.6 is 11.6 Å². The lowest BCUT2D eigenvalue weighted by atomic mass is 10.3. The Labute approximate surface area is 103 Å². The van der Waals surface area contributed by atoms with Gasteiger partial charge in [-0.15, -0.1) is 0 Å². The number of benzene rings is 1. The van der Waals surface area contributed by atoms with Crippen LogP contribution in [-0.2, 0) is 0 Å². The van der Waals surface area contributed by atoms with Crippen molar-refractivity contribution in [2.24, 2.45) is 0 Å². The molecule has 17 heavy (non-hydrogen) atoms. The molecule has 0 atom stereocenters. The van der Waals surface area contributed by atoms with Gasteiger partial charge in [-0.25, -0.2) is 9.50 Å². The molecule has 2 aromatic heterocycles. The van der Waals surface area contributed by atoms with Crippen LogP contribution in [0.15, 0.2) is 48.8 Å². The molecule has 0 aliphatic carbocycles. The van der Waals surface area contributed by atoms with E-state index in [-0.39, 0.29) is 0 Å². The van der Waals surface area contributed by atoms with Crippen LogP contribution < -0.4 is 5.32 Å². The highest BCUT2D eigenvalue weighted by Crippen LogP contribution is 2.18.